The molecular formula is C32H35N5O2S. The average Bonchev–Trinajstić information content (AvgIpc) is 3.36. The third kappa shape index (κ3) is 7.00. The van der Waals surface area contributed by atoms with Gasteiger partial charge in [-0.3, -0.25) is 19.5 Å². The van der Waals surface area contributed by atoms with E-state index in [-0.39, 0.29) is 18.2 Å². The van der Waals surface area contributed by atoms with E-state index in [2.05, 4.69) is 45.2 Å². The van der Waals surface area contributed by atoms with E-state index in [1.54, 1.807) is 24.5 Å². The van der Waals surface area contributed by atoms with E-state index < -0.39 is 0 Å². The summed E-state index contributed by atoms with van der Waals surface area (Å²) in [5, 5.41) is 2.92. The maximum atomic E-state index is 13.8. The van der Waals surface area contributed by atoms with Gasteiger partial charge in [0.2, 0.25) is 11.8 Å². The molecule has 3 heterocycles. The number of aromatic nitrogens is 2. The quantitative estimate of drug-likeness (QED) is 0.334. The predicted octanol–water partition coefficient (Wildman–Crippen LogP) is 5.34. The molecule has 0 unspecified atom stereocenters. The molecule has 1 aliphatic rings. The topological polar surface area (TPSA) is 69.6 Å². The second-order valence-corrected chi connectivity index (χ2v) is 11.3. The fourth-order valence-corrected chi connectivity index (χ4v) is 5.83. The number of thiazole rings is 1. The average molecular weight is 554 g/mol. The number of anilines is 1. The molecule has 0 saturated carbocycles. The summed E-state index contributed by atoms with van der Waals surface area (Å²) in [5.41, 5.74) is 5.87. The Kier molecular flexibility index (Phi) is 8.98. The highest BCUT2D eigenvalue weighted by atomic mass is 32.1. The van der Waals surface area contributed by atoms with Gasteiger partial charge in [-0.1, -0.05) is 42.5 Å². The molecule has 0 aliphatic carbocycles. The van der Waals surface area contributed by atoms with Gasteiger partial charge in [0.1, 0.15) is 0 Å². The Morgan fingerprint density at radius 1 is 0.950 bits per heavy atom. The molecule has 0 spiro atoms. The standard InChI is InChI=1S/C32H35N5O2S/c1-24-34-30(23-40-24)19-32(39)36-17-16-35(21-26-8-4-3-5-9-26)14-7-15-37(25(2)38)31-12-11-27(18-29(31)22-36)28-10-6-13-33-20-28/h3-6,8-13,18,20,23H,7,14-17,19,21-22H2,1-2H3. The highest BCUT2D eigenvalue weighted by Crippen LogP contribution is 2.30. The number of pyridine rings is 1. The van der Waals surface area contributed by atoms with Crippen LogP contribution in [0.3, 0.4) is 0 Å². The van der Waals surface area contributed by atoms with Gasteiger partial charge >= 0.3 is 0 Å². The molecule has 8 heteroatoms. The van der Waals surface area contributed by atoms with E-state index in [0.717, 1.165) is 59.1 Å². The van der Waals surface area contributed by atoms with Crippen LogP contribution in [0.15, 0.2) is 78.4 Å². The van der Waals surface area contributed by atoms with Gasteiger partial charge in [-0.05, 0) is 53.8 Å². The van der Waals surface area contributed by atoms with E-state index in [4.69, 9.17) is 0 Å². The third-order valence-electron chi connectivity index (χ3n) is 7.25. The van der Waals surface area contributed by atoms with Gasteiger partial charge in [-0.15, -0.1) is 11.3 Å². The fourth-order valence-electron chi connectivity index (χ4n) is 5.22. The molecule has 4 aromatic rings. The van der Waals surface area contributed by atoms with E-state index in [0.29, 0.717) is 19.6 Å². The summed E-state index contributed by atoms with van der Waals surface area (Å²) in [6.07, 6.45) is 4.69. The summed E-state index contributed by atoms with van der Waals surface area (Å²) in [6, 6.07) is 20.5. The van der Waals surface area contributed by atoms with Crippen LogP contribution >= 0.6 is 11.3 Å². The van der Waals surface area contributed by atoms with Crippen molar-refractivity contribution in [2.24, 2.45) is 0 Å². The molecule has 0 N–H and O–H groups in total. The SMILES string of the molecule is CC(=O)N1CCCN(Cc2ccccc2)CCN(C(=O)Cc2csc(C)n2)Cc2cc(-c3cccnc3)ccc21. The minimum Gasteiger partial charge on any atom is -0.337 e. The Balaban J connectivity index is 1.50. The Bertz CT molecular complexity index is 1440. The van der Waals surface area contributed by atoms with Crippen molar-refractivity contribution < 1.29 is 9.59 Å². The molecule has 5 rings (SSSR count). The predicted molar refractivity (Wildman–Crippen MR) is 160 cm³/mol. The van der Waals surface area contributed by atoms with Crippen LogP contribution in [0.25, 0.3) is 11.1 Å². The lowest BCUT2D eigenvalue weighted by Crippen LogP contribution is -2.39. The molecular weight excluding hydrogens is 518 g/mol. The van der Waals surface area contributed by atoms with E-state index in [9.17, 15) is 9.59 Å². The lowest BCUT2D eigenvalue weighted by molar-refractivity contribution is -0.131. The lowest BCUT2D eigenvalue weighted by atomic mass is 10.0. The normalized spacial score (nSPS) is 14.8. The maximum absolute atomic E-state index is 13.8. The molecule has 40 heavy (non-hydrogen) atoms. The molecule has 0 atom stereocenters. The number of fused-ring (bicyclic) bond motifs is 1. The number of rotatable bonds is 5. The fraction of sp³-hybridized carbons (Fsp3) is 0.312. The second-order valence-electron chi connectivity index (χ2n) is 10.2. The van der Waals surface area contributed by atoms with Crippen molar-refractivity contribution in [3.8, 4) is 11.1 Å². The zero-order valence-corrected chi connectivity index (χ0v) is 23.9. The Hall–Kier alpha value is -3.88. The molecule has 1 aliphatic heterocycles. The van der Waals surface area contributed by atoms with Crippen LogP contribution in [0.1, 0.15) is 35.2 Å². The van der Waals surface area contributed by atoms with Crippen LogP contribution in [0.5, 0.6) is 0 Å². The summed E-state index contributed by atoms with van der Waals surface area (Å²) >= 11 is 1.56. The number of carbonyl (C=O) groups excluding carboxylic acids is 2. The van der Waals surface area contributed by atoms with Gasteiger partial charge in [0.05, 0.1) is 17.1 Å². The highest BCUT2D eigenvalue weighted by molar-refractivity contribution is 7.09. The molecule has 2 aromatic carbocycles. The van der Waals surface area contributed by atoms with Crippen LogP contribution in [0.2, 0.25) is 0 Å². The second kappa shape index (κ2) is 13.0. The number of carbonyl (C=O) groups is 2. The summed E-state index contributed by atoms with van der Waals surface area (Å²) in [5.74, 6) is 0.0383. The highest BCUT2D eigenvalue weighted by Gasteiger charge is 2.23. The summed E-state index contributed by atoms with van der Waals surface area (Å²) in [6.45, 7) is 7.56. The van der Waals surface area contributed by atoms with Crippen LogP contribution in [0.4, 0.5) is 5.69 Å². The van der Waals surface area contributed by atoms with Crippen molar-refractivity contribution in [2.75, 3.05) is 31.1 Å². The third-order valence-corrected chi connectivity index (χ3v) is 8.07. The molecule has 0 saturated heterocycles. The first-order chi connectivity index (χ1) is 19.5. The van der Waals surface area contributed by atoms with Gasteiger partial charge in [0.15, 0.2) is 0 Å². The lowest BCUT2D eigenvalue weighted by Gasteiger charge is -2.28. The number of amides is 2. The molecule has 0 radical (unpaired) electrons. The Labute approximate surface area is 240 Å². The van der Waals surface area contributed by atoms with Crippen LogP contribution < -0.4 is 4.90 Å². The van der Waals surface area contributed by atoms with Gasteiger partial charge in [0.25, 0.3) is 0 Å². The summed E-state index contributed by atoms with van der Waals surface area (Å²) in [4.78, 5) is 41.7. The van der Waals surface area contributed by atoms with Crippen molar-refractivity contribution in [1.29, 1.82) is 0 Å². The van der Waals surface area contributed by atoms with Crippen molar-refractivity contribution >= 4 is 28.8 Å². The molecule has 2 aromatic heterocycles. The van der Waals surface area contributed by atoms with Crippen LogP contribution in [-0.2, 0) is 29.1 Å². The van der Waals surface area contributed by atoms with E-state index in [1.165, 1.54) is 5.56 Å². The minimum absolute atomic E-state index is 0.0000546. The number of nitrogens with zero attached hydrogens (tertiary/aromatic N) is 5. The summed E-state index contributed by atoms with van der Waals surface area (Å²) < 4.78 is 0. The van der Waals surface area contributed by atoms with Gasteiger partial charge < -0.3 is 9.80 Å². The number of aryl methyl sites for hydroxylation is 1. The maximum Gasteiger partial charge on any atom is 0.228 e. The van der Waals surface area contributed by atoms with Gasteiger partial charge in [-0.25, -0.2) is 4.98 Å². The van der Waals surface area contributed by atoms with Crippen molar-refractivity contribution in [3.63, 3.8) is 0 Å². The number of hydrogen-bond acceptors (Lipinski definition) is 6. The largest absolute Gasteiger partial charge is 0.337 e. The minimum atomic E-state index is 0.0000546. The molecule has 7 nitrogen and oxygen atoms in total. The first-order valence-electron chi connectivity index (χ1n) is 13.7. The number of hydrogen-bond donors (Lipinski definition) is 0. The molecule has 0 fully saturated rings. The van der Waals surface area contributed by atoms with E-state index in [1.807, 2.05) is 58.6 Å². The molecule has 0 bridgehead atoms. The first-order valence-corrected chi connectivity index (χ1v) is 14.6. The summed E-state index contributed by atoms with van der Waals surface area (Å²) in [7, 11) is 0. The zero-order valence-electron chi connectivity index (χ0n) is 23.1. The van der Waals surface area contributed by atoms with Gasteiger partial charge in [-0.2, -0.15) is 0 Å². The van der Waals surface area contributed by atoms with Crippen LogP contribution in [0, 0.1) is 6.92 Å². The smallest absolute Gasteiger partial charge is 0.228 e. The van der Waals surface area contributed by atoms with Gasteiger partial charge in [0, 0.05) is 69.7 Å². The van der Waals surface area contributed by atoms with Crippen molar-refractivity contribution in [1.82, 2.24) is 19.8 Å². The van der Waals surface area contributed by atoms with E-state index >= 15 is 0 Å². The van der Waals surface area contributed by atoms with Crippen molar-refractivity contribution in [2.45, 2.75) is 39.8 Å². The van der Waals surface area contributed by atoms with Crippen LogP contribution in [-0.4, -0.2) is 57.8 Å². The Morgan fingerprint density at radius 2 is 1.80 bits per heavy atom. The first kappa shape index (κ1) is 27.7. The number of benzene rings is 2. The molecule has 206 valence electrons. The monoisotopic (exact) mass is 553 g/mol. The molecule has 2 amide bonds. The zero-order chi connectivity index (χ0) is 27.9. The van der Waals surface area contributed by atoms with Crippen molar-refractivity contribution in [3.05, 3.63) is 100 Å². The Morgan fingerprint density at radius 3 is 2.52 bits per heavy atom.